The minimum Gasteiger partial charge on any atom is -0.478 e. The Balaban J connectivity index is 1.74. The van der Waals surface area contributed by atoms with Crippen molar-refractivity contribution < 1.29 is 37.0 Å². The molecule has 0 aliphatic rings. The van der Waals surface area contributed by atoms with E-state index in [0.717, 1.165) is 19.7 Å². The molecular formula is C30H28N2O8S2. The average Bonchev–Trinajstić information content (AvgIpc) is 2.95. The van der Waals surface area contributed by atoms with Gasteiger partial charge in [-0.15, -0.1) is 0 Å². The van der Waals surface area contributed by atoms with Gasteiger partial charge >= 0.3 is 11.9 Å². The van der Waals surface area contributed by atoms with E-state index in [4.69, 9.17) is 4.74 Å². The first-order valence-corrected chi connectivity index (χ1v) is 14.7. The van der Waals surface area contributed by atoms with Crippen molar-refractivity contribution in [3.63, 3.8) is 0 Å². The maximum absolute atomic E-state index is 12.8. The Morgan fingerprint density at radius 2 is 1.10 bits per heavy atom. The molecule has 2 atom stereocenters. The number of rotatable bonds is 10. The minimum atomic E-state index is -2.55. The molecule has 3 N–H and O–H groups in total. The lowest BCUT2D eigenvalue weighted by Crippen LogP contribution is -2.22. The van der Waals surface area contributed by atoms with Gasteiger partial charge in [0.2, 0.25) is 0 Å². The molecule has 0 aliphatic heterocycles. The fraction of sp³-hybridized carbons (Fsp3) is 0.133. The number of hydrogen-bond acceptors (Lipinski definition) is 5. The number of benzene rings is 4. The predicted octanol–water partition coefficient (Wildman–Crippen LogP) is 5.93. The zero-order valence-corrected chi connectivity index (χ0v) is 24.5. The van der Waals surface area contributed by atoms with E-state index >= 15 is 0 Å². The largest absolute Gasteiger partial charge is 0.478 e. The Kier molecular flexibility index (Phi) is 9.53. The molecule has 10 nitrogen and oxygen atoms in total. The number of carbonyl (C=O) groups is 2. The van der Waals surface area contributed by atoms with Gasteiger partial charge in [0.25, 0.3) is 22.5 Å². The average molecular weight is 609 g/mol. The van der Waals surface area contributed by atoms with E-state index in [1.807, 2.05) is 13.8 Å². The van der Waals surface area contributed by atoms with Gasteiger partial charge in [0.15, 0.2) is 0 Å². The molecule has 0 fully saturated rings. The van der Waals surface area contributed by atoms with Crippen molar-refractivity contribution >= 4 is 57.2 Å². The zero-order valence-electron chi connectivity index (χ0n) is 22.9. The van der Waals surface area contributed by atoms with E-state index in [1.165, 1.54) is 31.4 Å². The van der Waals surface area contributed by atoms with Crippen LogP contribution >= 0.6 is 0 Å². The standard InChI is InChI=1S/C30H28N2O8S2/c1-19-4-10-23(11-5-19)31(41(36)37)27-14-8-21(17-25(27)29(33)34)16-22-9-15-28(26(18-22)30(35)40-3)32(42(38)39)24-12-6-20(2)7-13-24/h4-15,17-18H,16H2,1-3H3,(H,33,34)(H,36,37)(H,38,39). The van der Waals surface area contributed by atoms with E-state index in [1.54, 1.807) is 60.7 Å². The Bertz CT molecular complexity index is 1670. The fourth-order valence-electron chi connectivity index (χ4n) is 4.41. The second kappa shape index (κ2) is 13.1. The monoisotopic (exact) mass is 608 g/mol. The van der Waals surface area contributed by atoms with Crippen molar-refractivity contribution in [2.24, 2.45) is 0 Å². The lowest BCUT2D eigenvalue weighted by Gasteiger charge is -2.23. The van der Waals surface area contributed by atoms with Crippen LogP contribution in [0.5, 0.6) is 0 Å². The molecule has 0 saturated heterocycles. The highest BCUT2D eigenvalue weighted by Gasteiger charge is 2.25. The lowest BCUT2D eigenvalue weighted by molar-refractivity contribution is 0.0600. The Morgan fingerprint density at radius 1 is 0.690 bits per heavy atom. The van der Waals surface area contributed by atoms with E-state index in [2.05, 4.69) is 0 Å². The number of hydrogen-bond donors (Lipinski definition) is 3. The summed E-state index contributed by atoms with van der Waals surface area (Å²) in [5, 5.41) is 9.98. The smallest absolute Gasteiger partial charge is 0.340 e. The predicted molar refractivity (Wildman–Crippen MR) is 162 cm³/mol. The van der Waals surface area contributed by atoms with Crippen molar-refractivity contribution in [3.8, 4) is 0 Å². The third-order valence-electron chi connectivity index (χ3n) is 6.45. The van der Waals surface area contributed by atoms with Crippen LogP contribution in [0.15, 0.2) is 84.9 Å². The van der Waals surface area contributed by atoms with Crippen LogP contribution in [0.1, 0.15) is 43.0 Å². The van der Waals surface area contributed by atoms with Gasteiger partial charge in [-0.1, -0.05) is 47.5 Å². The van der Waals surface area contributed by atoms with Crippen molar-refractivity contribution in [3.05, 3.63) is 118 Å². The number of carboxylic acid groups (broad SMARTS) is 1. The summed E-state index contributed by atoms with van der Waals surface area (Å²) in [4.78, 5) is 25.0. The summed E-state index contributed by atoms with van der Waals surface area (Å²) < 4.78 is 51.8. The summed E-state index contributed by atoms with van der Waals surface area (Å²) in [7, 11) is 1.20. The summed E-state index contributed by atoms with van der Waals surface area (Å²) in [6.45, 7) is 3.74. The second-order valence-corrected chi connectivity index (χ2v) is 11.1. The molecule has 218 valence electrons. The summed E-state index contributed by atoms with van der Waals surface area (Å²) in [6.07, 6.45) is 0.185. The quantitative estimate of drug-likeness (QED) is 0.148. The van der Waals surface area contributed by atoms with Crippen molar-refractivity contribution in [2.45, 2.75) is 20.3 Å². The maximum Gasteiger partial charge on any atom is 0.340 e. The molecule has 0 radical (unpaired) electrons. The van der Waals surface area contributed by atoms with E-state index in [0.29, 0.717) is 22.5 Å². The van der Waals surface area contributed by atoms with E-state index < -0.39 is 34.5 Å². The van der Waals surface area contributed by atoms with E-state index in [9.17, 15) is 32.2 Å². The first kappa shape index (κ1) is 30.6. The summed E-state index contributed by atoms with van der Waals surface area (Å²) >= 11 is -5.06. The number of anilines is 4. The highest BCUT2D eigenvalue weighted by molar-refractivity contribution is 7.81. The molecule has 2 unspecified atom stereocenters. The highest BCUT2D eigenvalue weighted by Crippen LogP contribution is 2.34. The summed E-state index contributed by atoms with van der Waals surface area (Å²) in [5.74, 6) is -2.02. The summed E-state index contributed by atoms with van der Waals surface area (Å²) in [5.41, 5.74) is 3.78. The van der Waals surface area contributed by atoms with Crippen LogP contribution in [-0.2, 0) is 33.7 Å². The molecule has 0 spiro atoms. The first-order chi connectivity index (χ1) is 20.0. The molecule has 42 heavy (non-hydrogen) atoms. The molecule has 0 saturated carbocycles. The second-order valence-electron chi connectivity index (χ2n) is 9.40. The number of carbonyl (C=O) groups excluding carboxylic acids is 1. The molecule has 0 aliphatic carbocycles. The molecule has 12 heteroatoms. The van der Waals surface area contributed by atoms with Crippen LogP contribution in [0, 0.1) is 13.8 Å². The number of aromatic carboxylic acids is 1. The Labute approximate surface area is 248 Å². The number of carboxylic acids is 1. The Morgan fingerprint density at radius 3 is 1.48 bits per heavy atom. The van der Waals surface area contributed by atoms with Crippen LogP contribution in [0.4, 0.5) is 22.7 Å². The van der Waals surface area contributed by atoms with Gasteiger partial charge < -0.3 is 9.84 Å². The molecule has 0 aromatic heterocycles. The number of methoxy groups -OCH3 is 1. The van der Waals surface area contributed by atoms with Gasteiger partial charge in [-0.2, -0.15) is 0 Å². The van der Waals surface area contributed by atoms with Gasteiger partial charge in [0.05, 0.1) is 41.0 Å². The molecule has 0 heterocycles. The molecule has 4 aromatic rings. The highest BCUT2D eigenvalue weighted by atomic mass is 32.2. The lowest BCUT2D eigenvalue weighted by atomic mass is 9.99. The molecule has 0 bridgehead atoms. The van der Waals surface area contributed by atoms with Crippen molar-refractivity contribution in [1.29, 1.82) is 0 Å². The number of aryl methyl sites for hydroxylation is 2. The van der Waals surface area contributed by atoms with Crippen molar-refractivity contribution in [1.82, 2.24) is 0 Å². The van der Waals surface area contributed by atoms with Crippen LogP contribution in [0.25, 0.3) is 0 Å². The van der Waals surface area contributed by atoms with Crippen LogP contribution < -0.4 is 8.61 Å². The van der Waals surface area contributed by atoms with Crippen LogP contribution in [0.2, 0.25) is 0 Å². The van der Waals surface area contributed by atoms with Gasteiger partial charge in [0, 0.05) is 0 Å². The molecule has 4 rings (SSSR count). The number of nitrogens with zero attached hydrogens (tertiary/aromatic N) is 2. The summed E-state index contributed by atoms with van der Waals surface area (Å²) in [6, 6.07) is 22.8. The SMILES string of the molecule is COC(=O)c1cc(Cc2ccc(N(c3ccc(C)cc3)S(=O)O)c(C(=O)O)c2)ccc1N(c1ccc(C)cc1)S(=O)O. The van der Waals surface area contributed by atoms with Crippen molar-refractivity contribution in [2.75, 3.05) is 15.7 Å². The third-order valence-corrected chi connectivity index (χ3v) is 7.89. The maximum atomic E-state index is 12.8. The number of esters is 1. The normalized spacial score (nSPS) is 12.3. The first-order valence-electron chi connectivity index (χ1n) is 12.5. The van der Waals surface area contributed by atoms with Crippen LogP contribution in [0.3, 0.4) is 0 Å². The van der Waals surface area contributed by atoms with Gasteiger partial charge in [-0.3, -0.25) is 9.11 Å². The van der Waals surface area contributed by atoms with E-state index in [-0.39, 0.29) is 28.9 Å². The molecule has 4 aromatic carbocycles. The van der Waals surface area contributed by atoms with Crippen LogP contribution in [-0.4, -0.2) is 41.7 Å². The molecule has 0 amide bonds. The van der Waals surface area contributed by atoms with Gasteiger partial charge in [-0.25, -0.2) is 26.6 Å². The minimum absolute atomic E-state index is 0.0284. The third kappa shape index (κ3) is 6.74. The van der Waals surface area contributed by atoms with Gasteiger partial charge in [0.1, 0.15) is 0 Å². The molecular weight excluding hydrogens is 580 g/mol. The van der Waals surface area contributed by atoms with Gasteiger partial charge in [-0.05, 0) is 79.9 Å². The number of ether oxygens (including phenoxy) is 1. The zero-order chi connectivity index (χ0) is 30.6. The topological polar surface area (TPSA) is 145 Å². The fourth-order valence-corrected chi connectivity index (χ4v) is 5.67. The Hall–Kier alpha value is -4.36.